The van der Waals surface area contributed by atoms with Gasteiger partial charge < -0.3 is 9.47 Å². The van der Waals surface area contributed by atoms with E-state index in [4.69, 9.17) is 9.47 Å². The van der Waals surface area contributed by atoms with Crippen molar-refractivity contribution in [2.75, 3.05) is 13.2 Å². The molecule has 0 saturated heterocycles. The number of nitrogens with zero attached hydrogens (tertiary/aromatic N) is 2. The second kappa shape index (κ2) is 7.77. The minimum Gasteiger partial charge on any atom is -0.464 e. The molecule has 0 saturated carbocycles. The van der Waals surface area contributed by atoms with E-state index in [2.05, 4.69) is 17.1 Å². The van der Waals surface area contributed by atoms with Crippen LogP contribution in [0.25, 0.3) is 0 Å². The lowest BCUT2D eigenvalue weighted by atomic mass is 9.83. The number of hydrazone groups is 1. The molecule has 0 amide bonds. The van der Waals surface area contributed by atoms with Gasteiger partial charge >= 0.3 is 11.9 Å². The summed E-state index contributed by atoms with van der Waals surface area (Å²) in [5.74, 6) is -1.34. The Balaban J connectivity index is 2.33. The molecule has 0 aliphatic carbocycles. The van der Waals surface area contributed by atoms with E-state index in [9.17, 15) is 19.7 Å². The highest BCUT2D eigenvalue weighted by Gasteiger charge is 2.50. The van der Waals surface area contributed by atoms with Gasteiger partial charge in [-0.3, -0.25) is 15.5 Å². The van der Waals surface area contributed by atoms with Crippen LogP contribution in [0.1, 0.15) is 19.4 Å². The summed E-state index contributed by atoms with van der Waals surface area (Å²) in [6.45, 7) is 7.42. The van der Waals surface area contributed by atoms with E-state index in [1.807, 2.05) is 0 Å². The molecule has 1 heterocycles. The molecular weight excluding hydrogens is 342 g/mol. The Bertz CT molecular complexity index is 771. The Kier molecular flexibility index (Phi) is 5.71. The molecule has 1 aromatic rings. The van der Waals surface area contributed by atoms with E-state index in [1.54, 1.807) is 13.8 Å². The van der Waals surface area contributed by atoms with Crippen LogP contribution in [0.3, 0.4) is 0 Å². The van der Waals surface area contributed by atoms with Gasteiger partial charge in [0.05, 0.1) is 18.1 Å². The van der Waals surface area contributed by atoms with Crippen molar-refractivity contribution in [2.24, 2.45) is 5.10 Å². The third-order valence-electron chi connectivity index (χ3n) is 3.87. The number of nitro groups is 1. The van der Waals surface area contributed by atoms with Gasteiger partial charge in [0, 0.05) is 24.1 Å². The largest absolute Gasteiger partial charge is 0.464 e. The Morgan fingerprint density at radius 1 is 1.23 bits per heavy atom. The summed E-state index contributed by atoms with van der Waals surface area (Å²) in [7, 11) is 0. The first-order valence-corrected chi connectivity index (χ1v) is 7.98. The second-order valence-corrected chi connectivity index (χ2v) is 5.50. The van der Waals surface area contributed by atoms with Crippen molar-refractivity contribution in [2.45, 2.75) is 25.8 Å². The summed E-state index contributed by atoms with van der Waals surface area (Å²) >= 11 is 0. The number of carbonyl (C=O) groups is 2. The van der Waals surface area contributed by atoms with Gasteiger partial charge in [-0.25, -0.2) is 9.59 Å². The van der Waals surface area contributed by atoms with Crippen LogP contribution in [0.15, 0.2) is 41.5 Å². The maximum Gasteiger partial charge on any atom is 0.359 e. The first-order valence-electron chi connectivity index (χ1n) is 7.98. The molecule has 0 bridgehead atoms. The quantitative estimate of drug-likeness (QED) is 0.444. The molecule has 0 aromatic heterocycles. The van der Waals surface area contributed by atoms with E-state index in [-0.39, 0.29) is 36.6 Å². The zero-order valence-electron chi connectivity index (χ0n) is 14.5. The van der Waals surface area contributed by atoms with E-state index in [0.29, 0.717) is 5.56 Å². The molecule has 0 fully saturated rings. The molecule has 9 heteroatoms. The van der Waals surface area contributed by atoms with Crippen LogP contribution in [0, 0.1) is 10.1 Å². The van der Waals surface area contributed by atoms with Crippen molar-refractivity contribution >= 4 is 23.3 Å². The highest BCUT2D eigenvalue weighted by atomic mass is 16.6. The van der Waals surface area contributed by atoms with Crippen LogP contribution in [0.4, 0.5) is 5.69 Å². The average molecular weight is 361 g/mol. The van der Waals surface area contributed by atoms with Gasteiger partial charge in [-0.15, -0.1) is 0 Å². The molecule has 26 heavy (non-hydrogen) atoms. The lowest BCUT2D eigenvalue weighted by molar-refractivity contribution is -0.384. The molecule has 2 rings (SSSR count). The second-order valence-electron chi connectivity index (χ2n) is 5.50. The SMILES string of the molecule is C=C1C(C(=O)OCC)=NNC1(Cc1ccc([N+](=O)[O-])cc1)C(=O)OCC. The van der Waals surface area contributed by atoms with Crippen molar-refractivity contribution in [3.05, 3.63) is 52.1 Å². The average Bonchev–Trinajstić information content (AvgIpc) is 2.93. The van der Waals surface area contributed by atoms with Crippen LogP contribution in [0.2, 0.25) is 0 Å². The van der Waals surface area contributed by atoms with Crippen molar-refractivity contribution < 1.29 is 24.0 Å². The number of rotatable bonds is 7. The number of non-ortho nitro benzene ring substituents is 1. The van der Waals surface area contributed by atoms with Crippen LogP contribution >= 0.6 is 0 Å². The Morgan fingerprint density at radius 2 is 1.85 bits per heavy atom. The molecule has 138 valence electrons. The summed E-state index contributed by atoms with van der Waals surface area (Å²) in [5, 5.41) is 14.7. The van der Waals surface area contributed by atoms with E-state index >= 15 is 0 Å². The van der Waals surface area contributed by atoms with Crippen LogP contribution in [0.5, 0.6) is 0 Å². The van der Waals surface area contributed by atoms with Crippen molar-refractivity contribution in [3.63, 3.8) is 0 Å². The van der Waals surface area contributed by atoms with Crippen molar-refractivity contribution in [1.29, 1.82) is 0 Å². The smallest absolute Gasteiger partial charge is 0.359 e. The van der Waals surface area contributed by atoms with Gasteiger partial charge in [-0.1, -0.05) is 18.7 Å². The van der Waals surface area contributed by atoms with Crippen molar-refractivity contribution in [3.8, 4) is 0 Å². The van der Waals surface area contributed by atoms with E-state index in [1.165, 1.54) is 24.3 Å². The fourth-order valence-corrected chi connectivity index (χ4v) is 2.54. The summed E-state index contributed by atoms with van der Waals surface area (Å²) in [6, 6.07) is 5.71. The molecule has 1 N–H and O–H groups in total. The molecule has 1 aliphatic heterocycles. The lowest BCUT2D eigenvalue weighted by Gasteiger charge is -2.27. The minimum atomic E-state index is -1.48. The summed E-state index contributed by atoms with van der Waals surface area (Å²) in [6.07, 6.45) is 0.0507. The zero-order valence-corrected chi connectivity index (χ0v) is 14.5. The Morgan fingerprint density at radius 3 is 2.38 bits per heavy atom. The summed E-state index contributed by atoms with van der Waals surface area (Å²) in [5.41, 5.74) is 1.77. The van der Waals surface area contributed by atoms with Crippen LogP contribution < -0.4 is 5.43 Å². The molecule has 1 aliphatic rings. The number of nitro benzene ring substituents is 1. The molecule has 1 aromatic carbocycles. The predicted molar refractivity (Wildman–Crippen MR) is 92.5 cm³/mol. The molecule has 0 spiro atoms. The fourth-order valence-electron chi connectivity index (χ4n) is 2.54. The summed E-state index contributed by atoms with van der Waals surface area (Å²) in [4.78, 5) is 34.9. The highest BCUT2D eigenvalue weighted by molar-refractivity contribution is 6.45. The fraction of sp³-hybridized carbons (Fsp3) is 0.353. The van der Waals surface area contributed by atoms with Gasteiger partial charge in [0.15, 0.2) is 11.3 Å². The maximum atomic E-state index is 12.6. The molecule has 1 unspecified atom stereocenters. The number of carbonyl (C=O) groups excluding carboxylic acids is 2. The van der Waals surface area contributed by atoms with Gasteiger partial charge in [0.2, 0.25) is 0 Å². The normalized spacial score (nSPS) is 18.7. The number of ether oxygens (including phenoxy) is 2. The van der Waals surface area contributed by atoms with Crippen LogP contribution in [-0.2, 0) is 25.5 Å². The number of hydrogen-bond donors (Lipinski definition) is 1. The Hall–Kier alpha value is -3.23. The summed E-state index contributed by atoms with van der Waals surface area (Å²) < 4.78 is 10.0. The van der Waals surface area contributed by atoms with Gasteiger partial charge in [0.1, 0.15) is 0 Å². The lowest BCUT2D eigenvalue weighted by Crippen LogP contribution is -2.52. The van der Waals surface area contributed by atoms with Crippen molar-refractivity contribution in [1.82, 2.24) is 5.43 Å². The number of benzene rings is 1. The first-order chi connectivity index (χ1) is 12.4. The maximum absolute atomic E-state index is 12.6. The van der Waals surface area contributed by atoms with Gasteiger partial charge in [-0.2, -0.15) is 5.10 Å². The van der Waals surface area contributed by atoms with E-state index in [0.717, 1.165) is 0 Å². The highest BCUT2D eigenvalue weighted by Crippen LogP contribution is 2.30. The van der Waals surface area contributed by atoms with Crippen LogP contribution in [-0.4, -0.2) is 41.3 Å². The topological polar surface area (TPSA) is 120 Å². The monoisotopic (exact) mass is 361 g/mol. The third kappa shape index (κ3) is 3.56. The number of nitrogens with one attached hydrogen (secondary N) is 1. The predicted octanol–water partition coefficient (Wildman–Crippen LogP) is 1.52. The molecule has 9 nitrogen and oxygen atoms in total. The third-order valence-corrected chi connectivity index (χ3v) is 3.87. The Labute approximate surface area is 149 Å². The molecule has 1 atom stereocenters. The first kappa shape index (κ1) is 19.1. The molecule has 0 radical (unpaired) electrons. The minimum absolute atomic E-state index is 0.0507. The van der Waals surface area contributed by atoms with Gasteiger partial charge in [0.25, 0.3) is 5.69 Å². The number of hydrogen-bond acceptors (Lipinski definition) is 8. The van der Waals surface area contributed by atoms with Gasteiger partial charge in [-0.05, 0) is 19.4 Å². The number of esters is 2. The van der Waals surface area contributed by atoms with E-state index < -0.39 is 22.4 Å². The molecular formula is C17H19N3O6. The zero-order chi connectivity index (χ0) is 19.3. The standard InChI is InChI=1S/C17H19N3O6/c1-4-25-15(21)14-11(3)17(19-18-14,16(22)26-5-2)10-12-6-8-13(9-7-12)20(23)24/h6-9,19H,3-5,10H2,1-2H3.